The highest BCUT2D eigenvalue weighted by molar-refractivity contribution is 5.91. The van der Waals surface area contributed by atoms with Gasteiger partial charge in [0.2, 0.25) is 5.76 Å². The van der Waals surface area contributed by atoms with Gasteiger partial charge in [-0.25, -0.2) is 0 Å². The molecule has 2 aliphatic rings. The van der Waals surface area contributed by atoms with Crippen molar-refractivity contribution in [3.05, 3.63) is 12.0 Å². The van der Waals surface area contributed by atoms with Crippen LogP contribution in [-0.2, 0) is 19.1 Å². The van der Waals surface area contributed by atoms with Gasteiger partial charge < -0.3 is 19.5 Å². The second kappa shape index (κ2) is 6.42. The summed E-state index contributed by atoms with van der Waals surface area (Å²) in [5.41, 5.74) is 0. The van der Waals surface area contributed by atoms with Gasteiger partial charge in [0, 0.05) is 26.2 Å². The number of carbonyl (C=O) groups is 2. The van der Waals surface area contributed by atoms with Crippen LogP contribution in [0.2, 0.25) is 0 Å². The molecular formula is C12H18N2O5. The largest absolute Gasteiger partial charge is 0.494 e. The first-order valence-electron chi connectivity index (χ1n) is 6.35. The van der Waals surface area contributed by atoms with Crippen molar-refractivity contribution < 1.29 is 24.2 Å². The van der Waals surface area contributed by atoms with Gasteiger partial charge in [-0.2, -0.15) is 0 Å². The molecule has 106 valence electrons. The van der Waals surface area contributed by atoms with Crippen LogP contribution in [-0.4, -0.2) is 72.7 Å². The highest BCUT2D eigenvalue weighted by Crippen LogP contribution is 2.11. The zero-order chi connectivity index (χ0) is 13.7. The fourth-order valence-corrected chi connectivity index (χ4v) is 2.16. The topological polar surface area (TPSA) is 79.3 Å². The Morgan fingerprint density at radius 3 is 2.74 bits per heavy atom. The lowest BCUT2D eigenvalue weighted by Gasteiger charge is -2.23. The molecule has 0 radical (unpaired) electrons. The highest BCUT2D eigenvalue weighted by Gasteiger charge is 2.25. The van der Waals surface area contributed by atoms with Gasteiger partial charge in [-0.3, -0.25) is 14.5 Å². The summed E-state index contributed by atoms with van der Waals surface area (Å²) in [5.74, 6) is -0.790. The molecule has 0 unspecified atom stereocenters. The van der Waals surface area contributed by atoms with Crippen molar-refractivity contribution in [2.45, 2.75) is 6.42 Å². The fourth-order valence-electron chi connectivity index (χ4n) is 2.16. The van der Waals surface area contributed by atoms with E-state index >= 15 is 0 Å². The molecule has 19 heavy (non-hydrogen) atoms. The number of nitrogens with zero attached hydrogens (tertiary/aromatic N) is 2. The number of carboxylic acid groups (broad SMARTS) is 1. The molecule has 0 aromatic heterocycles. The molecule has 1 fully saturated rings. The van der Waals surface area contributed by atoms with Gasteiger partial charge >= 0.3 is 5.97 Å². The Morgan fingerprint density at radius 1 is 1.21 bits per heavy atom. The van der Waals surface area contributed by atoms with Crippen molar-refractivity contribution in [2.75, 3.05) is 45.9 Å². The Hall–Kier alpha value is -1.76. The van der Waals surface area contributed by atoms with Gasteiger partial charge in [-0.15, -0.1) is 0 Å². The van der Waals surface area contributed by atoms with Crippen LogP contribution in [0.4, 0.5) is 0 Å². The molecule has 0 spiro atoms. The highest BCUT2D eigenvalue weighted by atomic mass is 16.6. The number of hydrogen-bond acceptors (Lipinski definition) is 5. The number of amides is 1. The number of ether oxygens (including phenoxy) is 2. The monoisotopic (exact) mass is 270 g/mol. The van der Waals surface area contributed by atoms with Crippen LogP contribution in [0.1, 0.15) is 6.42 Å². The van der Waals surface area contributed by atoms with Crippen molar-refractivity contribution in [1.29, 1.82) is 0 Å². The van der Waals surface area contributed by atoms with E-state index < -0.39 is 5.97 Å². The number of aliphatic carboxylic acids is 1. The summed E-state index contributed by atoms with van der Waals surface area (Å²) < 4.78 is 10.3. The molecule has 0 saturated carbocycles. The molecule has 7 nitrogen and oxygen atoms in total. The first kappa shape index (κ1) is 13.7. The van der Waals surface area contributed by atoms with Crippen molar-refractivity contribution in [3.8, 4) is 0 Å². The Bertz CT molecular complexity index is 382. The van der Waals surface area contributed by atoms with Crippen LogP contribution >= 0.6 is 0 Å². The molecular weight excluding hydrogens is 252 g/mol. The van der Waals surface area contributed by atoms with Gasteiger partial charge in [-0.05, 0) is 6.42 Å². The molecule has 0 aromatic rings. The number of rotatable bonds is 3. The predicted molar refractivity (Wildman–Crippen MR) is 65.3 cm³/mol. The van der Waals surface area contributed by atoms with Gasteiger partial charge in [0.15, 0.2) is 0 Å². The third kappa shape index (κ3) is 3.85. The maximum atomic E-state index is 12.2. The molecule has 0 atom stereocenters. The summed E-state index contributed by atoms with van der Waals surface area (Å²) in [6, 6.07) is 0. The lowest BCUT2D eigenvalue weighted by atomic mass is 10.3. The zero-order valence-corrected chi connectivity index (χ0v) is 10.7. The molecule has 7 heteroatoms. The molecule has 1 saturated heterocycles. The Kier molecular flexibility index (Phi) is 4.62. The van der Waals surface area contributed by atoms with E-state index in [1.54, 1.807) is 4.90 Å². The van der Waals surface area contributed by atoms with E-state index in [0.717, 1.165) is 6.42 Å². The minimum atomic E-state index is -0.841. The summed E-state index contributed by atoms with van der Waals surface area (Å²) in [5, 5.41) is 8.77. The van der Waals surface area contributed by atoms with Gasteiger partial charge in [0.25, 0.3) is 5.91 Å². The Balaban J connectivity index is 1.89. The molecule has 0 aliphatic carbocycles. The number of carboxylic acids is 1. The van der Waals surface area contributed by atoms with Crippen LogP contribution in [0.15, 0.2) is 12.0 Å². The predicted octanol–water partition coefficient (Wildman–Crippen LogP) is -0.506. The molecule has 2 heterocycles. The minimum absolute atomic E-state index is 0.0182. The third-order valence-electron chi connectivity index (χ3n) is 3.09. The second-order valence-electron chi connectivity index (χ2n) is 4.52. The maximum absolute atomic E-state index is 12.2. The molecule has 2 aliphatic heterocycles. The van der Waals surface area contributed by atoms with E-state index in [2.05, 4.69) is 0 Å². The van der Waals surface area contributed by atoms with Crippen LogP contribution in [0.25, 0.3) is 0 Å². The average Bonchev–Trinajstić information content (AvgIpc) is 2.64. The SMILES string of the molecule is O=C(O)CN1CCCN(C(=O)C2=COCCO2)CC1. The van der Waals surface area contributed by atoms with Gasteiger partial charge in [-0.1, -0.05) is 0 Å². The number of hydrogen-bond donors (Lipinski definition) is 1. The summed E-state index contributed by atoms with van der Waals surface area (Å²) >= 11 is 0. The van der Waals surface area contributed by atoms with E-state index in [1.807, 2.05) is 4.90 Å². The van der Waals surface area contributed by atoms with Crippen LogP contribution in [0.5, 0.6) is 0 Å². The minimum Gasteiger partial charge on any atom is -0.494 e. The van der Waals surface area contributed by atoms with E-state index in [1.165, 1.54) is 6.26 Å². The van der Waals surface area contributed by atoms with Crippen LogP contribution < -0.4 is 0 Å². The Morgan fingerprint density at radius 2 is 2.05 bits per heavy atom. The summed E-state index contributed by atoms with van der Waals surface area (Å²) in [6.07, 6.45) is 2.11. The normalized spacial score (nSPS) is 20.8. The quantitative estimate of drug-likeness (QED) is 0.744. The van der Waals surface area contributed by atoms with Crippen molar-refractivity contribution in [3.63, 3.8) is 0 Å². The fraction of sp³-hybridized carbons (Fsp3) is 0.667. The van der Waals surface area contributed by atoms with Crippen molar-refractivity contribution in [1.82, 2.24) is 9.80 Å². The molecule has 0 bridgehead atoms. The second-order valence-corrected chi connectivity index (χ2v) is 4.52. The Labute approximate surface area is 111 Å². The number of carbonyl (C=O) groups excluding carboxylic acids is 1. The molecule has 0 aromatic carbocycles. The summed E-state index contributed by atoms with van der Waals surface area (Å²) in [7, 11) is 0. The van der Waals surface area contributed by atoms with Gasteiger partial charge in [0.05, 0.1) is 6.54 Å². The molecule has 1 N–H and O–H groups in total. The molecule has 1 amide bonds. The lowest BCUT2D eigenvalue weighted by molar-refractivity contribution is -0.138. The van der Waals surface area contributed by atoms with Crippen molar-refractivity contribution in [2.24, 2.45) is 0 Å². The molecule has 2 rings (SSSR count). The standard InChI is InChI=1S/C12H18N2O5/c15-11(16)8-13-2-1-3-14(5-4-13)12(17)10-9-18-6-7-19-10/h9H,1-8H2,(H,15,16). The lowest BCUT2D eigenvalue weighted by Crippen LogP contribution is -2.38. The van der Waals surface area contributed by atoms with Crippen LogP contribution in [0, 0.1) is 0 Å². The average molecular weight is 270 g/mol. The van der Waals surface area contributed by atoms with E-state index in [4.69, 9.17) is 14.6 Å². The third-order valence-corrected chi connectivity index (χ3v) is 3.09. The smallest absolute Gasteiger partial charge is 0.317 e. The van der Waals surface area contributed by atoms with Crippen LogP contribution in [0.3, 0.4) is 0 Å². The zero-order valence-electron chi connectivity index (χ0n) is 10.7. The van der Waals surface area contributed by atoms with E-state index in [-0.39, 0.29) is 18.2 Å². The first-order chi connectivity index (χ1) is 9.16. The van der Waals surface area contributed by atoms with Crippen molar-refractivity contribution >= 4 is 11.9 Å². The van der Waals surface area contributed by atoms with E-state index in [0.29, 0.717) is 39.4 Å². The summed E-state index contributed by atoms with van der Waals surface area (Å²) in [4.78, 5) is 26.3. The van der Waals surface area contributed by atoms with Gasteiger partial charge in [0.1, 0.15) is 19.5 Å². The van der Waals surface area contributed by atoms with E-state index in [9.17, 15) is 9.59 Å². The maximum Gasteiger partial charge on any atom is 0.317 e. The summed E-state index contributed by atoms with van der Waals surface area (Å²) in [6.45, 7) is 3.23. The first-order valence-corrected chi connectivity index (χ1v) is 6.35.